The second-order valence-corrected chi connectivity index (χ2v) is 11.1. The Morgan fingerprint density at radius 1 is 0.927 bits per heavy atom. The Kier molecular flexibility index (Phi) is 17.3. The molecule has 7 heteroatoms. The summed E-state index contributed by atoms with van der Waals surface area (Å²) in [6.07, 6.45) is 9.16. The van der Waals surface area contributed by atoms with Crippen LogP contribution in [-0.4, -0.2) is 68.0 Å². The lowest BCUT2D eigenvalue weighted by Crippen LogP contribution is -3.00. The molecule has 6 nitrogen and oxygen atoms in total. The molecule has 0 radical (unpaired) electrons. The molecule has 0 aromatic heterocycles. The molecule has 2 aromatic rings. The number of hydrogen-bond donors (Lipinski definition) is 0. The SMILES string of the molecule is C=CCc1cccc(Oc2ccc(C(=O)CC)cc2)c1OCCCC[N+](C)(C)CC(=O)N(CCCC)CCCC.[Br-]. The van der Waals surface area contributed by atoms with Gasteiger partial charge in [-0.3, -0.25) is 9.59 Å². The number of ether oxygens (including phenoxy) is 2. The lowest BCUT2D eigenvalue weighted by Gasteiger charge is -2.32. The van der Waals surface area contributed by atoms with Gasteiger partial charge in [0.2, 0.25) is 0 Å². The Morgan fingerprint density at radius 3 is 2.17 bits per heavy atom. The zero-order valence-electron chi connectivity index (χ0n) is 25.9. The number of halogens is 1. The lowest BCUT2D eigenvalue weighted by atomic mass is 10.1. The average molecular weight is 632 g/mol. The van der Waals surface area contributed by atoms with Crippen molar-refractivity contribution in [2.75, 3.05) is 46.9 Å². The number of Topliss-reactive ketones (excluding diaryl/α,β-unsaturated/α-hetero) is 1. The molecule has 0 saturated heterocycles. The van der Waals surface area contributed by atoms with Crippen LogP contribution in [0.1, 0.15) is 81.6 Å². The number of quaternary nitrogens is 1. The number of amides is 1. The quantitative estimate of drug-likeness (QED) is 0.0938. The Morgan fingerprint density at radius 2 is 1.59 bits per heavy atom. The Balaban J connectivity index is 0.00000840. The zero-order valence-corrected chi connectivity index (χ0v) is 27.5. The first kappa shape index (κ1) is 36.4. The van der Waals surface area contributed by atoms with Crippen LogP contribution in [0.15, 0.2) is 55.1 Å². The first-order valence-corrected chi connectivity index (χ1v) is 15.0. The maximum atomic E-state index is 13.0. The number of carbonyl (C=O) groups excluding carboxylic acids is 2. The van der Waals surface area contributed by atoms with Crippen molar-refractivity contribution < 1.29 is 40.5 Å². The van der Waals surface area contributed by atoms with Gasteiger partial charge in [0.05, 0.1) is 27.2 Å². The van der Waals surface area contributed by atoms with Gasteiger partial charge in [0.1, 0.15) is 5.75 Å². The van der Waals surface area contributed by atoms with Crippen molar-refractivity contribution in [3.63, 3.8) is 0 Å². The molecule has 0 heterocycles. The lowest BCUT2D eigenvalue weighted by molar-refractivity contribution is -0.883. The number of rotatable bonds is 20. The summed E-state index contributed by atoms with van der Waals surface area (Å²) in [4.78, 5) is 27.1. The Bertz CT molecular complexity index is 1060. The van der Waals surface area contributed by atoms with Gasteiger partial charge in [0.25, 0.3) is 5.91 Å². The number of para-hydroxylation sites is 1. The van der Waals surface area contributed by atoms with Gasteiger partial charge < -0.3 is 35.8 Å². The Hall–Kier alpha value is -2.64. The minimum absolute atomic E-state index is 0. The third-order valence-corrected chi connectivity index (χ3v) is 7.03. The second-order valence-electron chi connectivity index (χ2n) is 11.1. The highest BCUT2D eigenvalue weighted by Crippen LogP contribution is 2.35. The largest absolute Gasteiger partial charge is 1.00 e. The predicted molar refractivity (Wildman–Crippen MR) is 164 cm³/mol. The van der Waals surface area contributed by atoms with Crippen molar-refractivity contribution in [2.45, 2.75) is 72.1 Å². The van der Waals surface area contributed by atoms with Crippen molar-refractivity contribution in [3.05, 3.63) is 66.2 Å². The van der Waals surface area contributed by atoms with Gasteiger partial charge in [0, 0.05) is 30.6 Å². The van der Waals surface area contributed by atoms with Gasteiger partial charge in [0.15, 0.2) is 23.8 Å². The van der Waals surface area contributed by atoms with Crippen LogP contribution >= 0.6 is 0 Å². The monoisotopic (exact) mass is 630 g/mol. The van der Waals surface area contributed by atoms with Crippen LogP contribution in [0, 0.1) is 0 Å². The maximum absolute atomic E-state index is 13.0. The van der Waals surface area contributed by atoms with E-state index in [4.69, 9.17) is 9.47 Å². The van der Waals surface area contributed by atoms with Crippen LogP contribution < -0.4 is 26.5 Å². The molecule has 0 bridgehead atoms. The molecule has 1 amide bonds. The molecule has 0 spiro atoms. The fourth-order valence-corrected chi connectivity index (χ4v) is 4.58. The normalized spacial score (nSPS) is 11.0. The molecule has 0 aliphatic heterocycles. The van der Waals surface area contributed by atoms with Crippen LogP contribution in [0.5, 0.6) is 17.2 Å². The van der Waals surface area contributed by atoms with Gasteiger partial charge in [-0.15, -0.1) is 6.58 Å². The van der Waals surface area contributed by atoms with Gasteiger partial charge in [-0.25, -0.2) is 0 Å². The highest BCUT2D eigenvalue weighted by Gasteiger charge is 2.24. The van der Waals surface area contributed by atoms with Crippen LogP contribution in [0.3, 0.4) is 0 Å². The summed E-state index contributed by atoms with van der Waals surface area (Å²) in [6.45, 7) is 13.8. The number of hydrogen-bond acceptors (Lipinski definition) is 4. The highest BCUT2D eigenvalue weighted by atomic mass is 79.9. The molecule has 0 atom stereocenters. The summed E-state index contributed by atoms with van der Waals surface area (Å²) in [5.41, 5.74) is 1.70. The number of benzene rings is 2. The van der Waals surface area contributed by atoms with Crippen molar-refractivity contribution in [2.24, 2.45) is 0 Å². The number of nitrogens with zero attached hydrogens (tertiary/aromatic N) is 2. The van der Waals surface area contributed by atoms with E-state index in [1.807, 2.05) is 43.3 Å². The van der Waals surface area contributed by atoms with Crippen LogP contribution in [-0.2, 0) is 11.2 Å². The van der Waals surface area contributed by atoms with E-state index >= 15 is 0 Å². The van der Waals surface area contributed by atoms with E-state index in [9.17, 15) is 9.59 Å². The molecule has 0 aliphatic carbocycles. The minimum Gasteiger partial charge on any atom is -1.00 e. The number of unbranched alkanes of at least 4 members (excludes halogenated alkanes) is 3. The molecular formula is C34H51BrN2O4. The van der Waals surface area contributed by atoms with Gasteiger partial charge in [-0.1, -0.05) is 51.8 Å². The van der Waals surface area contributed by atoms with Crippen molar-refractivity contribution >= 4 is 11.7 Å². The van der Waals surface area contributed by atoms with Gasteiger partial charge in [-0.2, -0.15) is 0 Å². The fourth-order valence-electron chi connectivity index (χ4n) is 4.58. The van der Waals surface area contributed by atoms with Gasteiger partial charge >= 0.3 is 0 Å². The number of likely N-dealkylation sites (N-methyl/N-ethyl adjacent to an activating group) is 1. The van der Waals surface area contributed by atoms with E-state index in [1.165, 1.54) is 0 Å². The topological polar surface area (TPSA) is 55.8 Å². The molecule has 0 unspecified atom stereocenters. The van der Waals surface area contributed by atoms with Crippen LogP contribution in [0.2, 0.25) is 0 Å². The molecule has 41 heavy (non-hydrogen) atoms. The summed E-state index contributed by atoms with van der Waals surface area (Å²) in [7, 11) is 4.28. The first-order chi connectivity index (χ1) is 19.2. The van der Waals surface area contributed by atoms with E-state index in [0.717, 1.165) is 69.5 Å². The summed E-state index contributed by atoms with van der Waals surface area (Å²) < 4.78 is 13.1. The van der Waals surface area contributed by atoms with E-state index in [0.29, 0.717) is 47.5 Å². The molecular weight excluding hydrogens is 580 g/mol. The zero-order chi connectivity index (χ0) is 29.4. The first-order valence-electron chi connectivity index (χ1n) is 15.0. The molecule has 0 aliphatic rings. The summed E-state index contributed by atoms with van der Waals surface area (Å²) in [5.74, 6) is 2.40. The van der Waals surface area contributed by atoms with E-state index in [-0.39, 0.29) is 28.7 Å². The predicted octanol–water partition coefficient (Wildman–Crippen LogP) is 4.47. The maximum Gasteiger partial charge on any atom is 0.277 e. The van der Waals surface area contributed by atoms with E-state index in [1.54, 1.807) is 12.1 Å². The standard InChI is InChI=1S/C34H51N2O4.BrH/c1-7-11-23-35(24-12-8-2)33(38)27-36(5,6)25-13-14-26-39-34-29(16-9-3)17-15-18-32(34)40-30-21-19-28(20-22-30)31(37)10-4;/h9,15,17-22H,3,7-8,10-14,16,23-27H2,1-2,4-6H3;1H/q+1;/p-1. The third kappa shape index (κ3) is 12.8. The van der Waals surface area contributed by atoms with Crippen molar-refractivity contribution in [1.82, 2.24) is 4.90 Å². The summed E-state index contributed by atoms with van der Waals surface area (Å²) in [6, 6.07) is 13.1. The Labute approximate surface area is 259 Å². The number of carbonyl (C=O) groups is 2. The van der Waals surface area contributed by atoms with E-state index < -0.39 is 0 Å². The van der Waals surface area contributed by atoms with Crippen LogP contribution in [0.4, 0.5) is 0 Å². The molecule has 228 valence electrons. The smallest absolute Gasteiger partial charge is 0.277 e. The average Bonchev–Trinajstić information content (AvgIpc) is 2.94. The number of allylic oxidation sites excluding steroid dienone is 1. The van der Waals surface area contributed by atoms with Gasteiger partial charge in [-0.05, 0) is 62.4 Å². The molecule has 0 saturated carbocycles. The van der Waals surface area contributed by atoms with E-state index in [2.05, 4.69) is 39.4 Å². The molecule has 2 aromatic carbocycles. The van der Waals surface area contributed by atoms with Crippen LogP contribution in [0.25, 0.3) is 0 Å². The van der Waals surface area contributed by atoms with Crippen molar-refractivity contribution in [3.8, 4) is 17.2 Å². The minimum atomic E-state index is 0. The molecule has 0 N–H and O–H groups in total. The van der Waals surface area contributed by atoms with Crippen molar-refractivity contribution in [1.29, 1.82) is 0 Å². The highest BCUT2D eigenvalue weighted by molar-refractivity contribution is 5.95. The second kappa shape index (κ2) is 19.5. The fraction of sp³-hybridized carbons (Fsp3) is 0.529. The summed E-state index contributed by atoms with van der Waals surface area (Å²) >= 11 is 0. The summed E-state index contributed by atoms with van der Waals surface area (Å²) in [5, 5.41) is 0. The third-order valence-electron chi connectivity index (χ3n) is 7.03. The number of ketones is 1. The molecule has 0 fully saturated rings. The molecule has 2 rings (SSSR count).